The van der Waals surface area contributed by atoms with Gasteiger partial charge in [0.2, 0.25) is 5.88 Å². The van der Waals surface area contributed by atoms with Crippen molar-refractivity contribution < 1.29 is 14.3 Å². The van der Waals surface area contributed by atoms with Crippen molar-refractivity contribution in [3.63, 3.8) is 0 Å². The van der Waals surface area contributed by atoms with E-state index in [9.17, 15) is 14.3 Å². The van der Waals surface area contributed by atoms with Crippen LogP contribution in [0.4, 0.5) is 10.1 Å². The Balaban J connectivity index is 1.46. The first-order valence-electron chi connectivity index (χ1n) is 8.53. The predicted octanol–water partition coefficient (Wildman–Crippen LogP) is 4.36. The molecule has 4 rings (SSSR count). The Morgan fingerprint density at radius 3 is 2.79 bits per heavy atom. The molecule has 1 amide bonds. The van der Waals surface area contributed by atoms with Crippen molar-refractivity contribution in [2.24, 2.45) is 17.3 Å². The van der Waals surface area contributed by atoms with Crippen LogP contribution in [0.5, 0.6) is 5.88 Å². The normalized spacial score (nSPS) is 11.5. The summed E-state index contributed by atoms with van der Waals surface area (Å²) in [6.07, 6.45) is 1.64. The minimum Gasteiger partial charge on any atom is -0.493 e. The van der Waals surface area contributed by atoms with E-state index in [1.807, 2.05) is 23.7 Å². The Bertz CT molecular complexity index is 1220. The largest absolute Gasteiger partial charge is 0.493 e. The van der Waals surface area contributed by atoms with Crippen LogP contribution in [0.3, 0.4) is 0 Å². The van der Waals surface area contributed by atoms with E-state index in [0.717, 1.165) is 10.7 Å². The molecule has 0 spiro atoms. The van der Waals surface area contributed by atoms with E-state index in [4.69, 9.17) is 0 Å². The summed E-state index contributed by atoms with van der Waals surface area (Å²) in [5.41, 5.74) is 1.84. The number of carbonyl (C=O) groups is 1. The zero-order valence-corrected chi connectivity index (χ0v) is 16.0. The summed E-state index contributed by atoms with van der Waals surface area (Å²) in [7, 11) is 1.87. The molecule has 0 saturated carbocycles. The second-order valence-corrected chi connectivity index (χ2v) is 7.17. The van der Waals surface area contributed by atoms with Crippen molar-refractivity contribution in [1.82, 2.24) is 19.7 Å². The lowest BCUT2D eigenvalue weighted by molar-refractivity contribution is 0.0995. The third-order valence-corrected chi connectivity index (χ3v) is 5.30. The maximum absolute atomic E-state index is 13.3. The lowest BCUT2D eigenvalue weighted by Crippen LogP contribution is -1.94. The third kappa shape index (κ3) is 4.02. The van der Waals surface area contributed by atoms with E-state index < -0.39 is 11.7 Å². The average Bonchev–Trinajstić information content (AvgIpc) is 3.26. The van der Waals surface area contributed by atoms with Gasteiger partial charge in [-0.3, -0.25) is 4.79 Å². The second kappa shape index (κ2) is 7.84. The molecular formula is C19H15FN6O2S. The van der Waals surface area contributed by atoms with Gasteiger partial charge >= 0.3 is 0 Å². The third-order valence-electron chi connectivity index (χ3n) is 4.19. The summed E-state index contributed by atoms with van der Waals surface area (Å²) >= 11 is 1.54. The molecule has 0 fully saturated rings. The van der Waals surface area contributed by atoms with Crippen LogP contribution in [0, 0.1) is 5.82 Å². The van der Waals surface area contributed by atoms with Gasteiger partial charge in [0.05, 0.1) is 5.52 Å². The summed E-state index contributed by atoms with van der Waals surface area (Å²) in [5, 5.41) is 26.6. The SMILES string of the molecule is Cn1cnnc1SCc1ccc(C(=O)N=Nc2c(O)[nH]c3cc(F)ccc23)cc1. The first-order chi connectivity index (χ1) is 14.0. The van der Waals surface area contributed by atoms with Gasteiger partial charge in [-0.1, -0.05) is 23.9 Å². The van der Waals surface area contributed by atoms with Crippen LogP contribution in [0.2, 0.25) is 0 Å². The molecule has 0 radical (unpaired) electrons. The van der Waals surface area contributed by atoms with Crippen molar-refractivity contribution in [2.75, 3.05) is 0 Å². The molecular weight excluding hydrogens is 395 g/mol. The fourth-order valence-electron chi connectivity index (χ4n) is 2.69. The molecule has 0 aliphatic rings. The number of benzene rings is 2. The highest BCUT2D eigenvalue weighted by Gasteiger charge is 2.12. The van der Waals surface area contributed by atoms with E-state index in [1.54, 1.807) is 18.5 Å². The number of aromatic nitrogens is 4. The number of H-pyrrole nitrogens is 1. The van der Waals surface area contributed by atoms with Crippen LogP contribution in [0.15, 0.2) is 64.2 Å². The topological polar surface area (TPSA) is 109 Å². The van der Waals surface area contributed by atoms with Gasteiger partial charge in [-0.2, -0.15) is 0 Å². The number of thioether (sulfide) groups is 1. The van der Waals surface area contributed by atoms with Gasteiger partial charge < -0.3 is 14.7 Å². The molecule has 2 aromatic heterocycles. The first kappa shape index (κ1) is 18.8. The van der Waals surface area contributed by atoms with E-state index in [0.29, 0.717) is 22.2 Å². The van der Waals surface area contributed by atoms with Crippen LogP contribution >= 0.6 is 11.8 Å². The van der Waals surface area contributed by atoms with Crippen LogP contribution < -0.4 is 0 Å². The van der Waals surface area contributed by atoms with Gasteiger partial charge in [0.25, 0.3) is 5.91 Å². The van der Waals surface area contributed by atoms with Gasteiger partial charge in [0.1, 0.15) is 12.1 Å². The maximum Gasteiger partial charge on any atom is 0.295 e. The lowest BCUT2D eigenvalue weighted by Gasteiger charge is -2.02. The first-order valence-corrected chi connectivity index (χ1v) is 9.52. The summed E-state index contributed by atoms with van der Waals surface area (Å²) in [5.74, 6) is -0.593. The van der Waals surface area contributed by atoms with Crippen molar-refractivity contribution in [1.29, 1.82) is 0 Å². The zero-order chi connectivity index (χ0) is 20.4. The number of fused-ring (bicyclic) bond motifs is 1. The number of hydrogen-bond acceptors (Lipinski definition) is 6. The van der Waals surface area contributed by atoms with Crippen molar-refractivity contribution >= 4 is 34.3 Å². The number of nitrogens with zero attached hydrogens (tertiary/aromatic N) is 5. The molecule has 2 heterocycles. The van der Waals surface area contributed by atoms with Crippen molar-refractivity contribution in [3.05, 3.63) is 65.7 Å². The molecule has 2 aromatic carbocycles. The molecule has 4 aromatic rings. The fourth-order valence-corrected chi connectivity index (χ4v) is 3.53. The number of aromatic amines is 1. The number of rotatable bonds is 5. The molecule has 0 atom stereocenters. The fraction of sp³-hybridized carbons (Fsp3) is 0.105. The van der Waals surface area contributed by atoms with Gasteiger partial charge in [-0.25, -0.2) is 4.39 Å². The van der Waals surface area contributed by atoms with Crippen LogP contribution in [-0.2, 0) is 12.8 Å². The van der Waals surface area contributed by atoms with Crippen LogP contribution in [0.25, 0.3) is 10.9 Å². The molecule has 0 unspecified atom stereocenters. The molecule has 0 aliphatic heterocycles. The van der Waals surface area contributed by atoms with Crippen molar-refractivity contribution in [3.8, 4) is 5.88 Å². The summed E-state index contributed by atoms with van der Waals surface area (Å²) in [6.45, 7) is 0. The number of nitrogens with one attached hydrogen (secondary N) is 1. The standard InChI is InChI=1S/C19H15FN6O2S/c1-26-10-21-25-19(26)29-9-11-2-4-12(5-3-11)17(27)24-23-16-14-7-6-13(20)8-15(14)22-18(16)28/h2-8,10,22,28H,9H2,1H3. The predicted molar refractivity (Wildman–Crippen MR) is 106 cm³/mol. The average molecular weight is 410 g/mol. The monoisotopic (exact) mass is 410 g/mol. The van der Waals surface area contributed by atoms with Gasteiger partial charge in [-0.15, -0.1) is 20.4 Å². The quantitative estimate of drug-likeness (QED) is 0.375. The Labute approximate surface area is 168 Å². The van der Waals surface area contributed by atoms with E-state index >= 15 is 0 Å². The highest BCUT2D eigenvalue weighted by molar-refractivity contribution is 7.98. The van der Waals surface area contributed by atoms with Gasteiger partial charge in [0.15, 0.2) is 10.8 Å². The molecule has 0 saturated heterocycles. The molecule has 0 aliphatic carbocycles. The van der Waals surface area contributed by atoms with Gasteiger partial charge in [-0.05, 0) is 35.9 Å². The molecule has 29 heavy (non-hydrogen) atoms. The molecule has 10 heteroatoms. The number of carbonyl (C=O) groups excluding carboxylic acids is 1. The number of aromatic hydroxyl groups is 1. The van der Waals surface area contributed by atoms with E-state index in [1.165, 1.54) is 30.0 Å². The Morgan fingerprint density at radius 2 is 2.07 bits per heavy atom. The Kier molecular flexibility index (Phi) is 5.09. The maximum atomic E-state index is 13.3. The Hall–Kier alpha value is -3.53. The minimum absolute atomic E-state index is 0.0880. The molecule has 8 nitrogen and oxygen atoms in total. The van der Waals surface area contributed by atoms with E-state index in [-0.39, 0.29) is 11.6 Å². The number of hydrogen-bond donors (Lipinski definition) is 2. The smallest absolute Gasteiger partial charge is 0.295 e. The van der Waals surface area contributed by atoms with E-state index in [2.05, 4.69) is 25.4 Å². The number of halogens is 1. The zero-order valence-electron chi connectivity index (χ0n) is 15.2. The molecule has 146 valence electrons. The highest BCUT2D eigenvalue weighted by Crippen LogP contribution is 2.35. The van der Waals surface area contributed by atoms with Gasteiger partial charge in [0, 0.05) is 23.8 Å². The summed E-state index contributed by atoms with van der Waals surface area (Å²) in [4.78, 5) is 14.9. The number of amides is 1. The summed E-state index contributed by atoms with van der Waals surface area (Å²) in [6, 6.07) is 10.9. The number of aryl methyl sites for hydroxylation is 1. The summed E-state index contributed by atoms with van der Waals surface area (Å²) < 4.78 is 15.1. The molecule has 2 N–H and O–H groups in total. The van der Waals surface area contributed by atoms with Crippen molar-refractivity contribution in [2.45, 2.75) is 10.9 Å². The second-order valence-electron chi connectivity index (χ2n) is 6.23. The highest BCUT2D eigenvalue weighted by atomic mass is 32.2. The Morgan fingerprint density at radius 1 is 1.28 bits per heavy atom. The van der Waals surface area contributed by atoms with Crippen LogP contribution in [-0.4, -0.2) is 30.8 Å². The van der Waals surface area contributed by atoms with Crippen LogP contribution in [0.1, 0.15) is 15.9 Å². The minimum atomic E-state index is -0.548. The molecule has 0 bridgehead atoms. The lowest BCUT2D eigenvalue weighted by atomic mass is 10.1. The number of azo groups is 1.